The summed E-state index contributed by atoms with van der Waals surface area (Å²) in [5, 5.41) is 21.1. The molecule has 1 atom stereocenters. The number of hydrogen-bond acceptors (Lipinski definition) is 6. The first-order valence-corrected chi connectivity index (χ1v) is 11.0. The Morgan fingerprint density at radius 3 is 2.58 bits per heavy atom. The number of allylic oxidation sites excluding steroid dienone is 3. The van der Waals surface area contributed by atoms with Crippen LogP contribution in [-0.2, 0) is 4.79 Å². The molecule has 0 unspecified atom stereocenters. The van der Waals surface area contributed by atoms with Crippen LogP contribution in [0, 0.1) is 23.7 Å². The summed E-state index contributed by atoms with van der Waals surface area (Å²) in [5.74, 6) is -0.217. The van der Waals surface area contributed by atoms with E-state index in [-0.39, 0.29) is 28.3 Å². The second-order valence-electron chi connectivity index (χ2n) is 9.35. The Morgan fingerprint density at radius 1 is 1.24 bits per heavy atom. The maximum Gasteiger partial charge on any atom is 0.162 e. The van der Waals surface area contributed by atoms with E-state index < -0.39 is 5.92 Å². The number of phenolic OH excluding ortho intramolecular Hbond substituents is 1. The number of hydrogen-bond donors (Lipinski definition) is 2. The van der Waals surface area contributed by atoms with Crippen LogP contribution in [0.2, 0.25) is 5.02 Å². The van der Waals surface area contributed by atoms with Crippen LogP contribution in [-0.4, -0.2) is 18.0 Å². The molecule has 0 saturated heterocycles. The molecule has 6 nitrogen and oxygen atoms in total. The Bertz CT molecular complexity index is 1270. The fraction of sp³-hybridized carbons (Fsp3) is 0.308. The number of aryl methyl sites for hydroxylation is 1. The second kappa shape index (κ2) is 8.17. The summed E-state index contributed by atoms with van der Waals surface area (Å²) in [7, 11) is 1.46. The predicted molar refractivity (Wildman–Crippen MR) is 128 cm³/mol. The minimum atomic E-state index is -0.678. The van der Waals surface area contributed by atoms with Crippen molar-refractivity contribution < 1.29 is 14.6 Å². The van der Waals surface area contributed by atoms with E-state index >= 15 is 0 Å². The van der Waals surface area contributed by atoms with Gasteiger partial charge in [0.25, 0.3) is 0 Å². The molecule has 0 spiro atoms. The van der Waals surface area contributed by atoms with E-state index in [1.165, 1.54) is 13.2 Å². The number of ketones is 1. The van der Waals surface area contributed by atoms with Gasteiger partial charge in [-0.2, -0.15) is 5.26 Å². The maximum atomic E-state index is 13.5. The highest BCUT2D eigenvalue weighted by Crippen LogP contribution is 2.51. The third-order valence-corrected chi connectivity index (χ3v) is 6.74. The molecule has 0 aromatic heterocycles. The number of methoxy groups -OCH3 is 1. The van der Waals surface area contributed by atoms with E-state index in [0.717, 1.165) is 11.3 Å². The van der Waals surface area contributed by atoms with Crippen molar-refractivity contribution in [1.82, 2.24) is 0 Å². The lowest BCUT2D eigenvalue weighted by molar-refractivity contribution is -0.118. The molecule has 33 heavy (non-hydrogen) atoms. The van der Waals surface area contributed by atoms with Gasteiger partial charge in [-0.15, -0.1) is 0 Å². The fourth-order valence-electron chi connectivity index (χ4n) is 4.74. The molecule has 0 amide bonds. The van der Waals surface area contributed by atoms with Gasteiger partial charge in [0.15, 0.2) is 17.3 Å². The monoisotopic (exact) mass is 463 g/mol. The number of halogens is 1. The van der Waals surface area contributed by atoms with Crippen molar-refractivity contribution in [2.45, 2.75) is 39.5 Å². The van der Waals surface area contributed by atoms with Gasteiger partial charge in [0.1, 0.15) is 5.82 Å². The summed E-state index contributed by atoms with van der Waals surface area (Å²) < 4.78 is 5.16. The molecule has 7 heteroatoms. The van der Waals surface area contributed by atoms with Crippen LogP contribution in [0.15, 0.2) is 59.1 Å². The lowest BCUT2D eigenvalue weighted by Gasteiger charge is -2.43. The van der Waals surface area contributed by atoms with Gasteiger partial charge in [-0.25, -0.2) is 0 Å². The van der Waals surface area contributed by atoms with Crippen molar-refractivity contribution in [1.29, 1.82) is 5.26 Å². The number of benzene rings is 2. The quantitative estimate of drug-likeness (QED) is 0.640. The molecule has 2 aromatic carbocycles. The highest BCUT2D eigenvalue weighted by atomic mass is 35.5. The zero-order valence-corrected chi connectivity index (χ0v) is 19.8. The first-order valence-electron chi connectivity index (χ1n) is 10.7. The van der Waals surface area contributed by atoms with Crippen LogP contribution in [0.1, 0.15) is 43.7 Å². The number of phenols is 1. The van der Waals surface area contributed by atoms with E-state index in [1.54, 1.807) is 23.1 Å². The molecule has 0 radical (unpaired) electrons. The zero-order chi connectivity index (χ0) is 24.1. The number of carbonyl (C=O) groups is 1. The van der Waals surface area contributed by atoms with Gasteiger partial charge in [0.2, 0.25) is 0 Å². The van der Waals surface area contributed by atoms with Gasteiger partial charge in [-0.3, -0.25) is 9.69 Å². The van der Waals surface area contributed by atoms with Crippen molar-refractivity contribution in [3.8, 4) is 17.6 Å². The third-order valence-electron chi connectivity index (χ3n) is 6.33. The third kappa shape index (κ3) is 3.83. The van der Waals surface area contributed by atoms with Gasteiger partial charge < -0.3 is 15.6 Å². The first kappa shape index (κ1) is 22.8. The van der Waals surface area contributed by atoms with E-state index in [4.69, 9.17) is 22.1 Å². The minimum Gasteiger partial charge on any atom is -0.504 e. The van der Waals surface area contributed by atoms with Gasteiger partial charge in [0, 0.05) is 28.4 Å². The Labute approximate surface area is 198 Å². The second-order valence-corrected chi connectivity index (χ2v) is 9.75. The number of ether oxygens (including phenoxy) is 1. The van der Waals surface area contributed by atoms with Crippen molar-refractivity contribution >= 4 is 23.1 Å². The van der Waals surface area contributed by atoms with Crippen LogP contribution in [0.25, 0.3) is 0 Å². The molecule has 2 aromatic rings. The lowest BCUT2D eigenvalue weighted by atomic mass is 9.68. The number of rotatable bonds is 3. The Kier molecular flexibility index (Phi) is 5.63. The molecule has 4 rings (SSSR count). The van der Waals surface area contributed by atoms with E-state index in [9.17, 15) is 15.2 Å². The highest BCUT2D eigenvalue weighted by Gasteiger charge is 2.44. The summed E-state index contributed by atoms with van der Waals surface area (Å²) >= 11 is 6.41. The minimum absolute atomic E-state index is 0.0370. The molecule has 170 valence electrons. The summed E-state index contributed by atoms with van der Waals surface area (Å²) in [6.45, 7) is 6.00. The largest absolute Gasteiger partial charge is 0.504 e. The van der Waals surface area contributed by atoms with Gasteiger partial charge in [0.05, 0.1) is 24.7 Å². The number of carbonyl (C=O) groups excluding carboxylic acids is 1. The van der Waals surface area contributed by atoms with Gasteiger partial charge in [-0.05, 0) is 54.2 Å². The van der Waals surface area contributed by atoms with Crippen LogP contribution < -0.4 is 15.4 Å². The van der Waals surface area contributed by atoms with Crippen LogP contribution in [0.3, 0.4) is 0 Å². The lowest BCUT2D eigenvalue weighted by Crippen LogP contribution is -2.42. The molecule has 0 bridgehead atoms. The Morgan fingerprint density at radius 2 is 1.97 bits per heavy atom. The van der Waals surface area contributed by atoms with Gasteiger partial charge >= 0.3 is 0 Å². The normalized spacial score (nSPS) is 19.9. The van der Waals surface area contributed by atoms with Crippen molar-refractivity contribution in [2.75, 3.05) is 12.0 Å². The molecule has 1 aliphatic heterocycles. The molecule has 0 fully saturated rings. The standard InChI is InChI=1S/C26H26ClN3O3/c1-14-5-7-16(10-18(14)27)30-19-11-26(2,3)12-21(32)24(19)23(17(13-28)25(30)29)15-6-8-22(33-4)20(31)9-15/h5-10,23,31H,11-12,29H2,1-4H3/t23-/m1/s1. The SMILES string of the molecule is COc1ccc([C@@H]2C(C#N)=C(N)N(c3ccc(C)c(Cl)c3)C3=C2C(=O)CC(C)(C)C3)cc1O. The van der Waals surface area contributed by atoms with Gasteiger partial charge in [-0.1, -0.05) is 37.6 Å². The van der Waals surface area contributed by atoms with Crippen LogP contribution in [0.4, 0.5) is 5.69 Å². The fourth-order valence-corrected chi connectivity index (χ4v) is 4.92. The first-order chi connectivity index (χ1) is 15.6. The summed E-state index contributed by atoms with van der Waals surface area (Å²) in [5.41, 5.74) is 10.1. The topological polar surface area (TPSA) is 99.6 Å². The molecular formula is C26H26ClN3O3. The number of nitrogens with two attached hydrogens (primary N) is 1. The molecule has 0 saturated carbocycles. The van der Waals surface area contributed by atoms with E-state index in [1.807, 2.05) is 32.9 Å². The van der Waals surface area contributed by atoms with E-state index in [2.05, 4.69) is 6.07 Å². The van der Waals surface area contributed by atoms with E-state index in [0.29, 0.717) is 40.4 Å². The smallest absolute Gasteiger partial charge is 0.162 e. The molecule has 1 aliphatic carbocycles. The molecular weight excluding hydrogens is 438 g/mol. The maximum absolute atomic E-state index is 13.5. The number of aromatic hydroxyl groups is 1. The Balaban J connectivity index is 1.99. The average Bonchev–Trinajstić information content (AvgIpc) is 2.74. The van der Waals surface area contributed by atoms with Crippen molar-refractivity contribution in [2.24, 2.45) is 11.1 Å². The zero-order valence-electron chi connectivity index (χ0n) is 19.1. The highest BCUT2D eigenvalue weighted by molar-refractivity contribution is 6.31. The average molecular weight is 464 g/mol. The van der Waals surface area contributed by atoms with Crippen LogP contribution in [0.5, 0.6) is 11.5 Å². The summed E-state index contributed by atoms with van der Waals surface area (Å²) in [6.07, 6.45) is 0.948. The molecule has 1 heterocycles. The molecule has 3 N–H and O–H groups in total. The summed E-state index contributed by atoms with van der Waals surface area (Å²) in [6, 6.07) is 12.7. The number of nitriles is 1. The van der Waals surface area contributed by atoms with Crippen LogP contribution >= 0.6 is 11.6 Å². The number of nitrogens with zero attached hydrogens (tertiary/aromatic N) is 2. The number of Topliss-reactive ketones (excluding diaryl/α,β-unsaturated/α-hetero) is 1. The molecule has 2 aliphatic rings. The van der Waals surface area contributed by atoms with Crippen molar-refractivity contribution in [3.63, 3.8) is 0 Å². The predicted octanol–water partition coefficient (Wildman–Crippen LogP) is 5.30. The summed E-state index contributed by atoms with van der Waals surface area (Å²) in [4.78, 5) is 15.3. The van der Waals surface area contributed by atoms with Crippen molar-refractivity contribution in [3.05, 3.63) is 75.2 Å². The number of anilines is 1. The Hall–Kier alpha value is -3.43.